The largest absolute Gasteiger partial charge is 0.457 e. The number of fused-ring (bicyclic) bond motifs is 1. The van der Waals surface area contributed by atoms with Gasteiger partial charge in [0.1, 0.15) is 23.2 Å². The van der Waals surface area contributed by atoms with Crippen LogP contribution in [0.5, 0.6) is 0 Å². The van der Waals surface area contributed by atoms with Gasteiger partial charge in [-0.3, -0.25) is 10.1 Å². The second-order valence-corrected chi connectivity index (χ2v) is 5.94. The van der Waals surface area contributed by atoms with E-state index in [-0.39, 0.29) is 17.0 Å². The van der Waals surface area contributed by atoms with Crippen molar-refractivity contribution >= 4 is 17.1 Å². The maximum absolute atomic E-state index is 13.9. The van der Waals surface area contributed by atoms with Crippen molar-refractivity contribution in [2.45, 2.75) is 6.17 Å². The summed E-state index contributed by atoms with van der Waals surface area (Å²) in [7, 11) is 1.77. The molecule has 1 aromatic heterocycles. The fraction of sp³-hybridized carbons (Fsp3) is 0.111. The van der Waals surface area contributed by atoms with Gasteiger partial charge in [0.05, 0.1) is 21.9 Å². The van der Waals surface area contributed by atoms with E-state index in [2.05, 4.69) is 5.32 Å². The Kier molecular flexibility index (Phi) is 3.61. The van der Waals surface area contributed by atoms with Crippen LogP contribution in [0.2, 0.25) is 0 Å². The molecule has 1 atom stereocenters. The van der Waals surface area contributed by atoms with E-state index in [1.165, 1.54) is 18.2 Å². The molecule has 8 heteroatoms. The number of rotatable bonds is 3. The van der Waals surface area contributed by atoms with E-state index in [1.54, 1.807) is 30.1 Å². The van der Waals surface area contributed by atoms with Gasteiger partial charge in [-0.2, -0.15) is 0 Å². The molecular weight excluding hydrogens is 344 g/mol. The number of anilines is 2. The molecule has 1 unspecified atom stereocenters. The van der Waals surface area contributed by atoms with Crippen molar-refractivity contribution in [2.24, 2.45) is 0 Å². The SMILES string of the molecule is CN1c2cc([N+](=O)[O-])ccc2NC1c1ccc(-c2ccc(F)cc2F)o1. The van der Waals surface area contributed by atoms with Gasteiger partial charge in [0.25, 0.3) is 5.69 Å². The number of nitro benzene ring substituents is 1. The molecule has 4 rings (SSSR count). The number of benzene rings is 2. The van der Waals surface area contributed by atoms with Crippen LogP contribution in [0.15, 0.2) is 52.9 Å². The van der Waals surface area contributed by atoms with Gasteiger partial charge in [-0.05, 0) is 30.3 Å². The van der Waals surface area contributed by atoms with Crippen molar-refractivity contribution in [1.29, 1.82) is 0 Å². The van der Waals surface area contributed by atoms with Crippen molar-refractivity contribution in [3.05, 3.63) is 76.0 Å². The summed E-state index contributed by atoms with van der Waals surface area (Å²) in [5, 5.41) is 14.2. The molecule has 2 heterocycles. The molecule has 0 bridgehead atoms. The zero-order valence-corrected chi connectivity index (χ0v) is 13.6. The van der Waals surface area contributed by atoms with Gasteiger partial charge in [0.15, 0.2) is 6.17 Å². The lowest BCUT2D eigenvalue weighted by atomic mass is 10.1. The van der Waals surface area contributed by atoms with Crippen LogP contribution >= 0.6 is 0 Å². The number of nitro groups is 1. The molecule has 3 aromatic rings. The van der Waals surface area contributed by atoms with Gasteiger partial charge >= 0.3 is 0 Å². The van der Waals surface area contributed by atoms with Crippen LogP contribution < -0.4 is 10.2 Å². The second-order valence-electron chi connectivity index (χ2n) is 5.94. The highest BCUT2D eigenvalue weighted by Gasteiger charge is 2.31. The van der Waals surface area contributed by atoms with Crippen LogP contribution in [-0.4, -0.2) is 12.0 Å². The maximum atomic E-state index is 13.9. The molecule has 0 saturated heterocycles. The van der Waals surface area contributed by atoms with Crippen molar-refractivity contribution in [3.63, 3.8) is 0 Å². The van der Waals surface area contributed by atoms with E-state index < -0.39 is 22.7 Å². The number of nitrogens with one attached hydrogen (secondary N) is 1. The quantitative estimate of drug-likeness (QED) is 0.544. The highest BCUT2D eigenvalue weighted by Crippen LogP contribution is 2.42. The molecule has 0 spiro atoms. The minimum atomic E-state index is -0.711. The molecule has 26 heavy (non-hydrogen) atoms. The number of hydrogen-bond acceptors (Lipinski definition) is 5. The van der Waals surface area contributed by atoms with E-state index in [4.69, 9.17) is 4.42 Å². The fourth-order valence-corrected chi connectivity index (χ4v) is 3.03. The third-order valence-corrected chi connectivity index (χ3v) is 4.34. The minimum Gasteiger partial charge on any atom is -0.457 e. The summed E-state index contributed by atoms with van der Waals surface area (Å²) in [5.41, 5.74) is 1.54. The van der Waals surface area contributed by atoms with E-state index in [1.807, 2.05) is 0 Å². The molecular formula is C18H13F2N3O3. The number of furan rings is 1. The van der Waals surface area contributed by atoms with Crippen LogP contribution in [0.1, 0.15) is 11.9 Å². The van der Waals surface area contributed by atoms with Crippen molar-refractivity contribution in [2.75, 3.05) is 17.3 Å². The summed E-state index contributed by atoms with van der Waals surface area (Å²) in [6.45, 7) is 0. The van der Waals surface area contributed by atoms with E-state index in [0.29, 0.717) is 11.4 Å². The first kappa shape index (κ1) is 16.1. The standard InChI is InChI=1S/C18H13F2N3O3/c1-22-15-9-11(23(24)25)3-5-14(15)21-18(22)17-7-6-16(26-17)12-4-2-10(19)8-13(12)20/h2-9,18,21H,1H3. The number of hydrogen-bond donors (Lipinski definition) is 1. The molecule has 1 N–H and O–H groups in total. The van der Waals surface area contributed by atoms with Gasteiger partial charge in [0, 0.05) is 25.2 Å². The van der Waals surface area contributed by atoms with Gasteiger partial charge < -0.3 is 14.6 Å². The summed E-state index contributed by atoms with van der Waals surface area (Å²) in [4.78, 5) is 12.3. The van der Waals surface area contributed by atoms with Gasteiger partial charge in [-0.25, -0.2) is 8.78 Å². The Morgan fingerprint density at radius 1 is 1.15 bits per heavy atom. The maximum Gasteiger partial charge on any atom is 0.271 e. The first-order chi connectivity index (χ1) is 12.4. The number of non-ortho nitro benzene ring substituents is 1. The Morgan fingerprint density at radius 3 is 2.69 bits per heavy atom. The highest BCUT2D eigenvalue weighted by atomic mass is 19.1. The van der Waals surface area contributed by atoms with Crippen LogP contribution in [0.3, 0.4) is 0 Å². The topological polar surface area (TPSA) is 71.5 Å². The Hall–Kier alpha value is -3.42. The molecule has 0 fully saturated rings. The third-order valence-electron chi connectivity index (χ3n) is 4.34. The van der Waals surface area contributed by atoms with Gasteiger partial charge in [0.2, 0.25) is 0 Å². The van der Waals surface area contributed by atoms with Crippen LogP contribution in [0.25, 0.3) is 11.3 Å². The minimum absolute atomic E-state index is 0.00781. The summed E-state index contributed by atoms with van der Waals surface area (Å²) in [6.07, 6.45) is -0.399. The molecule has 0 radical (unpaired) electrons. The van der Waals surface area contributed by atoms with Crippen molar-refractivity contribution < 1.29 is 18.1 Å². The first-order valence-corrected chi connectivity index (χ1v) is 7.77. The monoisotopic (exact) mass is 357 g/mol. The number of halogens is 2. The lowest BCUT2D eigenvalue weighted by Gasteiger charge is -2.19. The van der Waals surface area contributed by atoms with Crippen LogP contribution in [0, 0.1) is 21.7 Å². The molecule has 0 saturated carbocycles. The summed E-state index contributed by atoms with van der Waals surface area (Å²) in [5.74, 6) is -0.593. The van der Waals surface area contributed by atoms with Gasteiger partial charge in [-0.1, -0.05) is 0 Å². The Labute approximate surface area is 146 Å². The molecule has 1 aliphatic heterocycles. The first-order valence-electron chi connectivity index (χ1n) is 7.77. The summed E-state index contributed by atoms with van der Waals surface area (Å²) >= 11 is 0. The fourth-order valence-electron chi connectivity index (χ4n) is 3.03. The second kappa shape index (κ2) is 5.83. The molecule has 1 aliphatic rings. The predicted molar refractivity (Wildman–Crippen MR) is 91.9 cm³/mol. The molecule has 6 nitrogen and oxygen atoms in total. The van der Waals surface area contributed by atoms with Crippen molar-refractivity contribution in [3.8, 4) is 11.3 Å². The normalized spacial score (nSPS) is 15.7. The van der Waals surface area contributed by atoms with Crippen LogP contribution in [-0.2, 0) is 0 Å². The molecule has 132 valence electrons. The van der Waals surface area contributed by atoms with E-state index in [0.717, 1.165) is 17.8 Å². The number of nitrogens with zero attached hydrogens (tertiary/aromatic N) is 2. The molecule has 0 aliphatic carbocycles. The average Bonchev–Trinajstić information content (AvgIpc) is 3.19. The summed E-state index contributed by atoms with van der Waals surface area (Å²) < 4.78 is 32.8. The zero-order chi connectivity index (χ0) is 18.4. The van der Waals surface area contributed by atoms with Gasteiger partial charge in [-0.15, -0.1) is 0 Å². The average molecular weight is 357 g/mol. The van der Waals surface area contributed by atoms with E-state index in [9.17, 15) is 18.9 Å². The highest BCUT2D eigenvalue weighted by molar-refractivity contribution is 5.78. The Morgan fingerprint density at radius 2 is 1.96 bits per heavy atom. The zero-order valence-electron chi connectivity index (χ0n) is 13.6. The Bertz CT molecular complexity index is 1020. The lowest BCUT2D eigenvalue weighted by Crippen LogP contribution is -2.22. The smallest absolute Gasteiger partial charge is 0.271 e. The molecule has 0 amide bonds. The lowest BCUT2D eigenvalue weighted by molar-refractivity contribution is -0.384. The summed E-state index contributed by atoms with van der Waals surface area (Å²) in [6, 6.07) is 11.1. The third kappa shape index (κ3) is 2.55. The molecule has 2 aromatic carbocycles. The van der Waals surface area contributed by atoms with Crippen molar-refractivity contribution in [1.82, 2.24) is 0 Å². The predicted octanol–water partition coefficient (Wildman–Crippen LogP) is 4.69. The Balaban J connectivity index is 1.65. The van der Waals surface area contributed by atoms with Crippen LogP contribution in [0.4, 0.5) is 25.8 Å². The van der Waals surface area contributed by atoms with E-state index >= 15 is 0 Å².